The molecule has 0 saturated heterocycles. The van der Waals surface area contributed by atoms with Crippen molar-refractivity contribution in [3.8, 4) is 5.88 Å². The maximum atomic E-state index is 12.1. The van der Waals surface area contributed by atoms with Gasteiger partial charge < -0.3 is 10.5 Å². The zero-order valence-electron chi connectivity index (χ0n) is 10.9. The van der Waals surface area contributed by atoms with Crippen LogP contribution in [0.2, 0.25) is 0 Å². The lowest BCUT2D eigenvalue weighted by Crippen LogP contribution is -2.12. The zero-order valence-corrected chi connectivity index (χ0v) is 12.5. The third-order valence-corrected chi connectivity index (χ3v) is 4.89. The van der Waals surface area contributed by atoms with Gasteiger partial charge >= 0.3 is 0 Å². The van der Waals surface area contributed by atoms with Gasteiger partial charge in [-0.1, -0.05) is 0 Å². The van der Waals surface area contributed by atoms with Crippen LogP contribution in [0, 0.1) is 0 Å². The predicted molar refractivity (Wildman–Crippen MR) is 78.4 cm³/mol. The van der Waals surface area contributed by atoms with Gasteiger partial charge in [-0.2, -0.15) is 0 Å². The minimum absolute atomic E-state index is 0.205. The first-order valence-electron chi connectivity index (χ1n) is 5.94. The van der Waals surface area contributed by atoms with Gasteiger partial charge in [-0.15, -0.1) is 11.3 Å². The van der Waals surface area contributed by atoms with Gasteiger partial charge in [-0.05, 0) is 19.1 Å². The van der Waals surface area contributed by atoms with E-state index in [1.807, 2.05) is 6.92 Å². The van der Waals surface area contributed by atoms with E-state index in [4.69, 9.17) is 10.5 Å². The van der Waals surface area contributed by atoms with Crippen molar-refractivity contribution < 1.29 is 13.2 Å². The van der Waals surface area contributed by atoms with Crippen molar-refractivity contribution in [2.24, 2.45) is 5.73 Å². The molecule has 108 valence electrons. The van der Waals surface area contributed by atoms with Crippen molar-refractivity contribution in [3.63, 3.8) is 0 Å². The normalized spacial score (nSPS) is 11.3. The Kier molecular flexibility index (Phi) is 4.58. The standard InChI is InChI=1S/C12H15N3O3S2/c1-2-18-12-4-3-9(7-14-12)15-20(16,17)11-5-10(6-13)19-8-11/h3-5,7-8,15H,2,6,13H2,1H3. The zero-order chi connectivity index (χ0) is 14.6. The summed E-state index contributed by atoms with van der Waals surface area (Å²) in [7, 11) is -3.60. The highest BCUT2D eigenvalue weighted by Crippen LogP contribution is 2.22. The first kappa shape index (κ1) is 14.8. The average Bonchev–Trinajstić information content (AvgIpc) is 2.91. The van der Waals surface area contributed by atoms with E-state index in [0.29, 0.717) is 24.7 Å². The van der Waals surface area contributed by atoms with Gasteiger partial charge in [0.1, 0.15) is 0 Å². The number of rotatable bonds is 6. The molecule has 0 atom stereocenters. The van der Waals surface area contributed by atoms with Crippen LogP contribution in [0.4, 0.5) is 5.69 Å². The highest BCUT2D eigenvalue weighted by Gasteiger charge is 2.16. The van der Waals surface area contributed by atoms with E-state index in [1.54, 1.807) is 23.6 Å². The summed E-state index contributed by atoms with van der Waals surface area (Å²) in [6, 6.07) is 4.78. The topological polar surface area (TPSA) is 94.3 Å². The molecular formula is C12H15N3O3S2. The fraction of sp³-hybridized carbons (Fsp3) is 0.250. The molecule has 0 aliphatic carbocycles. The molecule has 0 aromatic carbocycles. The van der Waals surface area contributed by atoms with Gasteiger partial charge in [0.2, 0.25) is 5.88 Å². The summed E-state index contributed by atoms with van der Waals surface area (Å²) in [5.41, 5.74) is 5.86. The minimum Gasteiger partial charge on any atom is -0.478 e. The maximum absolute atomic E-state index is 12.1. The fourth-order valence-electron chi connectivity index (χ4n) is 1.50. The molecule has 0 bridgehead atoms. The van der Waals surface area contributed by atoms with Crippen LogP contribution in [0.1, 0.15) is 11.8 Å². The van der Waals surface area contributed by atoms with E-state index in [0.717, 1.165) is 4.88 Å². The predicted octanol–water partition coefficient (Wildman–Crippen LogP) is 1.80. The second kappa shape index (κ2) is 6.21. The maximum Gasteiger partial charge on any atom is 0.262 e. The number of nitrogens with zero attached hydrogens (tertiary/aromatic N) is 1. The number of sulfonamides is 1. The Hall–Kier alpha value is -1.64. The number of nitrogens with two attached hydrogens (primary N) is 1. The van der Waals surface area contributed by atoms with E-state index < -0.39 is 10.0 Å². The molecule has 20 heavy (non-hydrogen) atoms. The lowest BCUT2D eigenvalue weighted by molar-refractivity contribution is 0.327. The quantitative estimate of drug-likeness (QED) is 0.848. The van der Waals surface area contributed by atoms with Crippen LogP contribution >= 0.6 is 11.3 Å². The Morgan fingerprint density at radius 1 is 1.45 bits per heavy atom. The Balaban J connectivity index is 2.15. The Morgan fingerprint density at radius 2 is 2.25 bits per heavy atom. The largest absolute Gasteiger partial charge is 0.478 e. The van der Waals surface area contributed by atoms with Crippen LogP contribution in [0.3, 0.4) is 0 Å². The highest BCUT2D eigenvalue weighted by molar-refractivity contribution is 7.92. The highest BCUT2D eigenvalue weighted by atomic mass is 32.2. The average molecular weight is 313 g/mol. The molecular weight excluding hydrogens is 298 g/mol. The van der Waals surface area contributed by atoms with E-state index in [9.17, 15) is 8.42 Å². The third-order valence-electron chi connectivity index (χ3n) is 2.42. The number of hydrogen-bond donors (Lipinski definition) is 2. The molecule has 0 saturated carbocycles. The van der Waals surface area contributed by atoms with Crippen molar-refractivity contribution in [2.75, 3.05) is 11.3 Å². The van der Waals surface area contributed by atoms with E-state index in [-0.39, 0.29) is 4.90 Å². The fourth-order valence-corrected chi connectivity index (χ4v) is 3.70. The SMILES string of the molecule is CCOc1ccc(NS(=O)(=O)c2csc(CN)c2)cn1. The molecule has 0 amide bonds. The van der Waals surface area contributed by atoms with Gasteiger partial charge in [0.15, 0.2) is 0 Å². The Bertz CT molecular complexity index is 666. The summed E-state index contributed by atoms with van der Waals surface area (Å²) in [6.45, 7) is 2.68. The molecule has 0 spiro atoms. The van der Waals surface area contributed by atoms with Crippen molar-refractivity contribution in [1.82, 2.24) is 4.98 Å². The van der Waals surface area contributed by atoms with Crippen LogP contribution in [0.5, 0.6) is 5.88 Å². The summed E-state index contributed by atoms with van der Waals surface area (Å²) in [4.78, 5) is 5.02. The number of anilines is 1. The first-order valence-corrected chi connectivity index (χ1v) is 8.30. The molecule has 2 aromatic rings. The molecule has 2 rings (SSSR count). The van der Waals surface area contributed by atoms with Crippen molar-refractivity contribution >= 4 is 27.0 Å². The van der Waals surface area contributed by atoms with Crippen LogP contribution in [0.15, 0.2) is 34.7 Å². The van der Waals surface area contributed by atoms with Gasteiger partial charge in [0.05, 0.1) is 23.4 Å². The molecule has 2 aromatic heterocycles. The van der Waals surface area contributed by atoms with Crippen LogP contribution < -0.4 is 15.2 Å². The number of hydrogen-bond acceptors (Lipinski definition) is 6. The number of nitrogens with one attached hydrogen (secondary N) is 1. The monoisotopic (exact) mass is 313 g/mol. The molecule has 0 unspecified atom stereocenters. The number of aromatic nitrogens is 1. The summed E-state index contributed by atoms with van der Waals surface area (Å²) < 4.78 is 31.9. The van der Waals surface area contributed by atoms with Crippen molar-refractivity contribution in [1.29, 1.82) is 0 Å². The minimum atomic E-state index is -3.60. The third kappa shape index (κ3) is 3.47. The second-order valence-corrected chi connectivity index (χ2v) is 6.55. The second-order valence-electron chi connectivity index (χ2n) is 3.88. The number of thiophene rings is 1. The van der Waals surface area contributed by atoms with Crippen LogP contribution in [-0.4, -0.2) is 20.0 Å². The molecule has 0 aliphatic heterocycles. The molecule has 8 heteroatoms. The molecule has 0 aliphatic rings. The van der Waals surface area contributed by atoms with Gasteiger partial charge in [-0.25, -0.2) is 13.4 Å². The summed E-state index contributed by atoms with van der Waals surface area (Å²) in [6.07, 6.45) is 1.42. The lowest BCUT2D eigenvalue weighted by atomic mass is 10.4. The van der Waals surface area contributed by atoms with E-state index >= 15 is 0 Å². The van der Waals surface area contributed by atoms with Gasteiger partial charge in [0.25, 0.3) is 10.0 Å². The smallest absolute Gasteiger partial charge is 0.262 e. The van der Waals surface area contributed by atoms with E-state index in [2.05, 4.69) is 9.71 Å². The Morgan fingerprint density at radius 3 is 2.80 bits per heavy atom. The van der Waals surface area contributed by atoms with Crippen LogP contribution in [0.25, 0.3) is 0 Å². The van der Waals surface area contributed by atoms with Crippen molar-refractivity contribution in [2.45, 2.75) is 18.4 Å². The first-order chi connectivity index (χ1) is 9.55. The molecule has 0 radical (unpaired) electrons. The molecule has 6 nitrogen and oxygen atoms in total. The molecule has 2 heterocycles. The van der Waals surface area contributed by atoms with E-state index in [1.165, 1.54) is 17.5 Å². The Labute approximate surface area is 121 Å². The van der Waals surface area contributed by atoms with Crippen LogP contribution in [-0.2, 0) is 16.6 Å². The molecule has 0 fully saturated rings. The summed E-state index contributed by atoms with van der Waals surface area (Å²) in [5.74, 6) is 0.455. The summed E-state index contributed by atoms with van der Waals surface area (Å²) >= 11 is 1.32. The molecule has 3 N–H and O–H groups in total. The van der Waals surface area contributed by atoms with Gasteiger partial charge in [0, 0.05) is 22.9 Å². The number of pyridine rings is 1. The number of ether oxygens (including phenoxy) is 1. The lowest BCUT2D eigenvalue weighted by Gasteiger charge is -2.07. The summed E-state index contributed by atoms with van der Waals surface area (Å²) in [5, 5.41) is 1.56. The van der Waals surface area contributed by atoms with Gasteiger partial charge in [-0.3, -0.25) is 4.72 Å². The van der Waals surface area contributed by atoms with Crippen molar-refractivity contribution in [3.05, 3.63) is 34.7 Å².